The molecule has 0 spiro atoms. The Balaban J connectivity index is 2.81. The highest BCUT2D eigenvalue weighted by atomic mass is 79.9. The first kappa shape index (κ1) is 11.5. The van der Waals surface area contributed by atoms with E-state index < -0.39 is 0 Å². The van der Waals surface area contributed by atoms with Crippen LogP contribution in [-0.2, 0) is 5.33 Å². The maximum absolute atomic E-state index is 4.14. The van der Waals surface area contributed by atoms with Crippen molar-refractivity contribution in [3.05, 3.63) is 42.0 Å². The zero-order chi connectivity index (χ0) is 10.6. The van der Waals surface area contributed by atoms with E-state index in [-0.39, 0.29) is 0 Å². The van der Waals surface area contributed by atoms with Gasteiger partial charge >= 0.3 is 0 Å². The van der Waals surface area contributed by atoms with Crippen LogP contribution in [0.4, 0.5) is 0 Å². The molecule has 0 saturated heterocycles. The normalized spacial score (nSPS) is 12.5. The Morgan fingerprint density at radius 1 is 1.36 bits per heavy atom. The van der Waals surface area contributed by atoms with Crippen LogP contribution < -0.4 is 0 Å². The van der Waals surface area contributed by atoms with E-state index >= 15 is 0 Å². The van der Waals surface area contributed by atoms with Crippen molar-refractivity contribution in [3.63, 3.8) is 0 Å². The van der Waals surface area contributed by atoms with E-state index in [1.165, 1.54) is 16.7 Å². The maximum Gasteiger partial charge on any atom is 0.0283 e. The van der Waals surface area contributed by atoms with Crippen molar-refractivity contribution >= 4 is 21.5 Å². The monoisotopic (exact) mass is 252 g/mol. The second-order valence-corrected chi connectivity index (χ2v) is 4.23. The highest BCUT2D eigenvalue weighted by molar-refractivity contribution is 9.08. The molecule has 0 saturated carbocycles. The molecule has 0 aliphatic carbocycles. The van der Waals surface area contributed by atoms with E-state index in [2.05, 4.69) is 60.6 Å². The van der Waals surface area contributed by atoms with Gasteiger partial charge in [-0.05, 0) is 29.0 Å². The molecule has 0 N–H and O–H groups in total. The van der Waals surface area contributed by atoms with Crippen LogP contribution in [0.15, 0.2) is 30.8 Å². The van der Waals surface area contributed by atoms with Crippen LogP contribution in [0.1, 0.15) is 31.4 Å². The van der Waals surface area contributed by atoms with Crippen LogP contribution in [0.25, 0.3) is 5.57 Å². The van der Waals surface area contributed by atoms with E-state index in [1.54, 1.807) is 0 Å². The van der Waals surface area contributed by atoms with Crippen molar-refractivity contribution in [2.75, 3.05) is 0 Å². The summed E-state index contributed by atoms with van der Waals surface area (Å²) in [6.07, 6.45) is 1.15. The Labute approximate surface area is 95.2 Å². The number of hydrogen-bond donors (Lipinski definition) is 0. The van der Waals surface area contributed by atoms with Crippen molar-refractivity contribution in [3.8, 4) is 0 Å². The summed E-state index contributed by atoms with van der Waals surface area (Å²) in [7, 11) is 0. The quantitative estimate of drug-likeness (QED) is 0.685. The molecule has 1 aromatic rings. The Hall–Kier alpha value is -0.560. The van der Waals surface area contributed by atoms with Gasteiger partial charge in [0.2, 0.25) is 0 Å². The van der Waals surface area contributed by atoms with Crippen LogP contribution in [0, 0.1) is 5.92 Å². The minimum Gasteiger partial charge on any atom is -0.0950 e. The summed E-state index contributed by atoms with van der Waals surface area (Å²) in [5.41, 5.74) is 3.82. The number of allylic oxidation sites excluding steroid dienone is 1. The molecule has 1 atom stereocenters. The van der Waals surface area contributed by atoms with Gasteiger partial charge in [0.25, 0.3) is 0 Å². The molecule has 0 amide bonds. The second-order valence-electron chi connectivity index (χ2n) is 3.67. The van der Waals surface area contributed by atoms with Crippen molar-refractivity contribution in [1.29, 1.82) is 0 Å². The van der Waals surface area contributed by atoms with Gasteiger partial charge in [0.05, 0.1) is 0 Å². The summed E-state index contributed by atoms with van der Waals surface area (Å²) in [6.45, 7) is 8.56. The van der Waals surface area contributed by atoms with E-state index in [9.17, 15) is 0 Å². The fourth-order valence-electron chi connectivity index (χ4n) is 1.34. The molecule has 0 radical (unpaired) electrons. The molecule has 1 unspecified atom stereocenters. The fourth-order valence-corrected chi connectivity index (χ4v) is 1.71. The minimum absolute atomic E-state index is 0.574. The summed E-state index contributed by atoms with van der Waals surface area (Å²) in [5.74, 6) is 0.574. The molecule has 14 heavy (non-hydrogen) atoms. The van der Waals surface area contributed by atoms with Crippen LogP contribution >= 0.6 is 15.9 Å². The van der Waals surface area contributed by atoms with Gasteiger partial charge in [0.1, 0.15) is 0 Å². The van der Waals surface area contributed by atoms with Crippen molar-refractivity contribution in [2.45, 2.75) is 25.6 Å². The molecule has 0 heterocycles. The van der Waals surface area contributed by atoms with Gasteiger partial charge < -0.3 is 0 Å². The van der Waals surface area contributed by atoms with Crippen molar-refractivity contribution in [1.82, 2.24) is 0 Å². The third-order valence-corrected chi connectivity index (χ3v) is 3.33. The number of rotatable bonds is 4. The number of benzene rings is 1. The Bertz CT molecular complexity index is 298. The molecule has 1 rings (SSSR count). The average molecular weight is 253 g/mol. The first-order valence-electron chi connectivity index (χ1n) is 5.03. The summed E-state index contributed by atoms with van der Waals surface area (Å²) in [6, 6.07) is 8.62. The lowest BCUT2D eigenvalue weighted by atomic mass is 9.93. The molecule has 0 aliphatic rings. The molecule has 0 bridgehead atoms. The Kier molecular flexibility index (Phi) is 4.40. The number of hydrogen-bond acceptors (Lipinski definition) is 0. The van der Waals surface area contributed by atoms with Gasteiger partial charge in [0.15, 0.2) is 0 Å². The zero-order valence-electron chi connectivity index (χ0n) is 8.89. The third-order valence-electron chi connectivity index (χ3n) is 2.69. The van der Waals surface area contributed by atoms with Gasteiger partial charge in [0, 0.05) is 5.33 Å². The molecular weight excluding hydrogens is 236 g/mol. The van der Waals surface area contributed by atoms with E-state index in [0.29, 0.717) is 5.92 Å². The molecule has 76 valence electrons. The first-order valence-corrected chi connectivity index (χ1v) is 6.15. The van der Waals surface area contributed by atoms with E-state index in [4.69, 9.17) is 0 Å². The van der Waals surface area contributed by atoms with Crippen LogP contribution in [0.3, 0.4) is 0 Å². The van der Waals surface area contributed by atoms with Crippen LogP contribution in [0.2, 0.25) is 0 Å². The van der Waals surface area contributed by atoms with Gasteiger partial charge in [-0.1, -0.05) is 60.6 Å². The molecule has 1 heteroatoms. The predicted octanol–water partition coefficient (Wildman–Crippen LogP) is 4.64. The highest BCUT2D eigenvalue weighted by Gasteiger charge is 2.05. The third kappa shape index (κ3) is 2.71. The standard InChI is InChI=1S/C13H17Br/c1-4-10(2)11(3)13-7-5-12(9-14)6-8-13/h5-8,10H,3-4,9H2,1-2H3. The predicted molar refractivity (Wildman–Crippen MR) is 67.6 cm³/mol. The first-order chi connectivity index (χ1) is 6.69. The molecule has 1 aromatic carbocycles. The van der Waals surface area contributed by atoms with Gasteiger partial charge in [-0.3, -0.25) is 0 Å². The minimum atomic E-state index is 0.574. The summed E-state index contributed by atoms with van der Waals surface area (Å²) < 4.78 is 0. The topological polar surface area (TPSA) is 0 Å². The second kappa shape index (κ2) is 5.35. The average Bonchev–Trinajstić information content (AvgIpc) is 2.27. The SMILES string of the molecule is C=C(c1ccc(CBr)cc1)C(C)CC. The Morgan fingerprint density at radius 2 is 1.93 bits per heavy atom. The molecular formula is C13H17Br. The zero-order valence-corrected chi connectivity index (χ0v) is 10.5. The lowest BCUT2D eigenvalue weighted by molar-refractivity contribution is 0.719. The van der Waals surface area contributed by atoms with Gasteiger partial charge in [-0.2, -0.15) is 0 Å². The lowest BCUT2D eigenvalue weighted by Crippen LogP contribution is -1.95. The van der Waals surface area contributed by atoms with Crippen molar-refractivity contribution < 1.29 is 0 Å². The number of halogens is 1. The summed E-state index contributed by atoms with van der Waals surface area (Å²) >= 11 is 3.44. The fraction of sp³-hybridized carbons (Fsp3) is 0.385. The summed E-state index contributed by atoms with van der Waals surface area (Å²) in [4.78, 5) is 0. The number of alkyl halides is 1. The highest BCUT2D eigenvalue weighted by Crippen LogP contribution is 2.24. The Morgan fingerprint density at radius 3 is 2.36 bits per heavy atom. The van der Waals surface area contributed by atoms with Crippen LogP contribution in [0.5, 0.6) is 0 Å². The van der Waals surface area contributed by atoms with Crippen molar-refractivity contribution in [2.24, 2.45) is 5.92 Å². The largest absolute Gasteiger partial charge is 0.0950 e. The summed E-state index contributed by atoms with van der Waals surface area (Å²) in [5, 5.41) is 0.920. The molecule has 0 fully saturated rings. The smallest absolute Gasteiger partial charge is 0.0283 e. The van der Waals surface area contributed by atoms with Crippen LogP contribution in [-0.4, -0.2) is 0 Å². The lowest BCUT2D eigenvalue weighted by Gasteiger charge is -2.12. The molecule has 0 aromatic heterocycles. The van der Waals surface area contributed by atoms with Gasteiger partial charge in [-0.15, -0.1) is 0 Å². The van der Waals surface area contributed by atoms with E-state index in [0.717, 1.165) is 11.8 Å². The van der Waals surface area contributed by atoms with Gasteiger partial charge in [-0.25, -0.2) is 0 Å². The molecule has 0 aliphatic heterocycles. The molecule has 0 nitrogen and oxygen atoms in total. The van der Waals surface area contributed by atoms with E-state index in [1.807, 2.05) is 0 Å². The maximum atomic E-state index is 4.14.